The highest BCUT2D eigenvalue weighted by Gasteiger charge is 2.43. The van der Waals surface area contributed by atoms with E-state index in [1.54, 1.807) is 32.0 Å². The van der Waals surface area contributed by atoms with Crippen molar-refractivity contribution in [2.75, 3.05) is 5.32 Å². The summed E-state index contributed by atoms with van der Waals surface area (Å²) in [5.41, 5.74) is 1.18. The predicted octanol–water partition coefficient (Wildman–Crippen LogP) is 4.69. The van der Waals surface area contributed by atoms with Crippen LogP contribution < -0.4 is 5.32 Å². The van der Waals surface area contributed by atoms with Crippen molar-refractivity contribution in [3.05, 3.63) is 53.6 Å². The summed E-state index contributed by atoms with van der Waals surface area (Å²) in [5, 5.41) is 11.8. The number of carboxylic acids is 1. The van der Waals surface area contributed by atoms with Gasteiger partial charge in [-0.15, -0.1) is 0 Å². The number of rotatable bonds is 3. The zero-order valence-electron chi connectivity index (χ0n) is 14.7. The molecule has 1 aliphatic heterocycles. The van der Waals surface area contributed by atoms with E-state index >= 15 is 0 Å². The molecule has 0 aliphatic carbocycles. The molecule has 1 heterocycles. The Kier molecular flexibility index (Phi) is 4.49. The first-order valence-electron chi connectivity index (χ1n) is 8.35. The number of halogens is 3. The number of anilines is 1. The molecule has 27 heavy (non-hydrogen) atoms. The highest BCUT2D eigenvalue weighted by Crippen LogP contribution is 2.44. The minimum absolute atomic E-state index is 0.303. The van der Waals surface area contributed by atoms with Crippen LogP contribution in [0.3, 0.4) is 0 Å². The molecule has 0 radical (unpaired) electrons. The Bertz CT molecular complexity index is 902. The van der Waals surface area contributed by atoms with E-state index in [1.165, 1.54) is 12.1 Å². The molecule has 1 amide bonds. The molecule has 2 aromatic rings. The van der Waals surface area contributed by atoms with Gasteiger partial charge in [0.25, 0.3) is 0 Å². The third-order valence-corrected chi connectivity index (χ3v) is 5.08. The van der Waals surface area contributed by atoms with Crippen LogP contribution in [0.5, 0.6) is 0 Å². The molecular formula is C20H18F3NO3. The second-order valence-electron chi connectivity index (χ2n) is 7.20. The van der Waals surface area contributed by atoms with Crippen molar-refractivity contribution in [3.8, 4) is 11.1 Å². The smallest absolute Gasteiger partial charge is 0.416 e. The molecule has 0 fully saturated rings. The Morgan fingerprint density at radius 2 is 1.70 bits per heavy atom. The third-order valence-electron chi connectivity index (χ3n) is 5.08. The summed E-state index contributed by atoms with van der Waals surface area (Å²) >= 11 is 0. The number of fused-ring (bicyclic) bond motifs is 1. The molecule has 7 heteroatoms. The fourth-order valence-corrected chi connectivity index (χ4v) is 3.48. The fraction of sp³-hybridized carbons (Fsp3) is 0.300. The highest BCUT2D eigenvalue weighted by atomic mass is 19.4. The van der Waals surface area contributed by atoms with Crippen LogP contribution in [0, 0.1) is 5.92 Å². The van der Waals surface area contributed by atoms with Crippen LogP contribution >= 0.6 is 0 Å². The number of benzene rings is 2. The van der Waals surface area contributed by atoms with Gasteiger partial charge in [0.1, 0.15) is 0 Å². The van der Waals surface area contributed by atoms with Crippen molar-refractivity contribution in [2.24, 2.45) is 5.92 Å². The molecule has 0 saturated carbocycles. The van der Waals surface area contributed by atoms with E-state index in [-0.39, 0.29) is 12.3 Å². The Labute approximate surface area is 154 Å². The number of hydrogen-bond donors (Lipinski definition) is 2. The number of aliphatic carboxylic acids is 1. The van der Waals surface area contributed by atoms with Gasteiger partial charge in [0, 0.05) is 11.1 Å². The number of amides is 1. The van der Waals surface area contributed by atoms with Crippen LogP contribution in [0.4, 0.5) is 18.9 Å². The van der Waals surface area contributed by atoms with Crippen molar-refractivity contribution < 1.29 is 27.9 Å². The molecule has 2 N–H and O–H groups in total. The lowest BCUT2D eigenvalue weighted by Gasteiger charge is -2.39. The minimum Gasteiger partial charge on any atom is -0.481 e. The van der Waals surface area contributed by atoms with E-state index < -0.39 is 29.0 Å². The first-order chi connectivity index (χ1) is 12.5. The second kappa shape index (κ2) is 6.40. The average molecular weight is 377 g/mol. The molecule has 4 nitrogen and oxygen atoms in total. The molecule has 1 unspecified atom stereocenters. The lowest BCUT2D eigenvalue weighted by molar-refractivity contribution is -0.141. The summed E-state index contributed by atoms with van der Waals surface area (Å²) in [5.74, 6) is -2.16. The van der Waals surface area contributed by atoms with E-state index in [2.05, 4.69) is 5.32 Å². The molecule has 1 atom stereocenters. The van der Waals surface area contributed by atoms with Crippen molar-refractivity contribution in [1.82, 2.24) is 0 Å². The monoisotopic (exact) mass is 377 g/mol. The summed E-state index contributed by atoms with van der Waals surface area (Å²) in [6, 6.07) is 10.0. The Balaban J connectivity index is 2.01. The number of carboxylic acid groups (broad SMARTS) is 1. The SMILES string of the molecule is CC1(C)c2cc(-c3ccc(C(F)(F)F)cc3)ccc2NC(=O)C1CC(=O)O. The van der Waals surface area contributed by atoms with Crippen molar-refractivity contribution in [2.45, 2.75) is 31.9 Å². The Hall–Kier alpha value is -2.83. The number of carbonyl (C=O) groups excluding carboxylic acids is 1. The fourth-order valence-electron chi connectivity index (χ4n) is 3.48. The lowest BCUT2D eigenvalue weighted by atomic mass is 9.68. The largest absolute Gasteiger partial charge is 0.481 e. The summed E-state index contributed by atoms with van der Waals surface area (Å²) in [7, 11) is 0. The topological polar surface area (TPSA) is 66.4 Å². The van der Waals surface area contributed by atoms with Gasteiger partial charge in [-0.1, -0.05) is 32.0 Å². The number of carbonyl (C=O) groups is 2. The molecule has 1 aliphatic rings. The molecule has 0 saturated heterocycles. The Morgan fingerprint density at radius 1 is 1.11 bits per heavy atom. The molecular weight excluding hydrogens is 359 g/mol. The molecule has 2 aromatic carbocycles. The van der Waals surface area contributed by atoms with Gasteiger partial charge >= 0.3 is 12.1 Å². The lowest BCUT2D eigenvalue weighted by Crippen LogP contribution is -2.44. The van der Waals surface area contributed by atoms with Gasteiger partial charge in [-0.05, 0) is 41.0 Å². The summed E-state index contributed by atoms with van der Waals surface area (Å²) < 4.78 is 38.2. The maximum absolute atomic E-state index is 12.7. The van der Waals surface area contributed by atoms with Gasteiger partial charge in [0.2, 0.25) is 5.91 Å². The maximum Gasteiger partial charge on any atom is 0.416 e. The average Bonchev–Trinajstić information content (AvgIpc) is 2.58. The van der Waals surface area contributed by atoms with Gasteiger partial charge < -0.3 is 10.4 Å². The predicted molar refractivity (Wildman–Crippen MR) is 94.3 cm³/mol. The van der Waals surface area contributed by atoms with Gasteiger partial charge in [-0.3, -0.25) is 9.59 Å². The molecule has 0 aromatic heterocycles. The van der Waals surface area contributed by atoms with E-state index in [0.717, 1.165) is 17.7 Å². The van der Waals surface area contributed by atoms with Crippen LogP contribution in [-0.4, -0.2) is 17.0 Å². The molecule has 3 rings (SSSR count). The van der Waals surface area contributed by atoms with Gasteiger partial charge in [0.05, 0.1) is 17.9 Å². The molecule has 142 valence electrons. The third kappa shape index (κ3) is 3.54. The van der Waals surface area contributed by atoms with Crippen LogP contribution in [0.2, 0.25) is 0 Å². The Morgan fingerprint density at radius 3 is 2.26 bits per heavy atom. The van der Waals surface area contributed by atoms with Gasteiger partial charge in [0.15, 0.2) is 0 Å². The van der Waals surface area contributed by atoms with E-state index in [1.807, 2.05) is 0 Å². The van der Waals surface area contributed by atoms with E-state index in [9.17, 15) is 22.8 Å². The van der Waals surface area contributed by atoms with Crippen LogP contribution in [0.1, 0.15) is 31.4 Å². The van der Waals surface area contributed by atoms with Crippen LogP contribution in [-0.2, 0) is 21.2 Å². The zero-order valence-corrected chi connectivity index (χ0v) is 14.7. The highest BCUT2D eigenvalue weighted by molar-refractivity contribution is 5.99. The first kappa shape index (κ1) is 18.9. The van der Waals surface area contributed by atoms with E-state index in [0.29, 0.717) is 16.8 Å². The summed E-state index contributed by atoms with van der Waals surface area (Å²) in [6.45, 7) is 3.60. The molecule has 0 bridgehead atoms. The first-order valence-corrected chi connectivity index (χ1v) is 8.35. The molecule has 0 spiro atoms. The van der Waals surface area contributed by atoms with Crippen molar-refractivity contribution in [3.63, 3.8) is 0 Å². The van der Waals surface area contributed by atoms with Crippen LogP contribution in [0.15, 0.2) is 42.5 Å². The zero-order chi connectivity index (χ0) is 20.0. The quantitative estimate of drug-likeness (QED) is 0.815. The second-order valence-corrected chi connectivity index (χ2v) is 7.20. The normalized spacial score (nSPS) is 18.6. The maximum atomic E-state index is 12.7. The van der Waals surface area contributed by atoms with Crippen molar-refractivity contribution in [1.29, 1.82) is 0 Å². The standard InChI is InChI=1S/C20H18F3NO3/c1-19(2)14-9-12(11-3-6-13(7-4-11)20(21,22)23)5-8-16(14)24-18(27)15(19)10-17(25)26/h3-9,15H,10H2,1-2H3,(H,24,27)(H,25,26). The summed E-state index contributed by atoms with van der Waals surface area (Å²) in [6.07, 6.45) is -4.70. The summed E-state index contributed by atoms with van der Waals surface area (Å²) in [4.78, 5) is 23.5. The van der Waals surface area contributed by atoms with Crippen molar-refractivity contribution >= 4 is 17.6 Å². The van der Waals surface area contributed by atoms with Crippen LogP contribution in [0.25, 0.3) is 11.1 Å². The van der Waals surface area contributed by atoms with E-state index in [4.69, 9.17) is 5.11 Å². The van der Waals surface area contributed by atoms with Gasteiger partial charge in [-0.25, -0.2) is 0 Å². The number of nitrogens with one attached hydrogen (secondary N) is 1. The number of alkyl halides is 3. The number of hydrogen-bond acceptors (Lipinski definition) is 2. The van der Waals surface area contributed by atoms with Gasteiger partial charge in [-0.2, -0.15) is 13.2 Å². The minimum atomic E-state index is -4.40.